The quantitative estimate of drug-likeness (QED) is 0.293. The van der Waals surface area contributed by atoms with Crippen molar-refractivity contribution < 1.29 is 23.9 Å². The number of ether oxygens (including phenoxy) is 1. The van der Waals surface area contributed by atoms with Gasteiger partial charge in [0.05, 0.1) is 5.69 Å². The van der Waals surface area contributed by atoms with E-state index in [9.17, 15) is 19.2 Å². The van der Waals surface area contributed by atoms with E-state index in [1.165, 1.54) is 4.90 Å². The Bertz CT molecular complexity index is 1180. The second kappa shape index (κ2) is 10.7. The van der Waals surface area contributed by atoms with E-state index in [-0.39, 0.29) is 30.6 Å². The number of esters is 1. The molecular weight excluding hydrogens is 474 g/mol. The monoisotopic (exact) mass is 505 g/mol. The zero-order valence-corrected chi connectivity index (χ0v) is 20.6. The SMILES string of the molecule is NN1C(=O)C(=O)N2CCCC2OC(=O)C(N(C(=O)c2ccccn2)C2CCCCC2)Cc2ccccc21. The highest BCUT2D eigenvalue weighted by Crippen LogP contribution is 2.31. The van der Waals surface area contributed by atoms with E-state index >= 15 is 0 Å². The van der Waals surface area contributed by atoms with E-state index in [1.807, 2.05) is 0 Å². The summed E-state index contributed by atoms with van der Waals surface area (Å²) in [6, 6.07) is 10.8. The number of amides is 3. The van der Waals surface area contributed by atoms with Crippen LogP contribution in [0.25, 0.3) is 0 Å². The maximum atomic E-state index is 13.9. The van der Waals surface area contributed by atoms with Gasteiger partial charge in [0.15, 0.2) is 6.23 Å². The molecule has 5 rings (SSSR count). The average molecular weight is 506 g/mol. The van der Waals surface area contributed by atoms with Gasteiger partial charge in [-0.3, -0.25) is 24.3 Å². The molecule has 1 saturated heterocycles. The van der Waals surface area contributed by atoms with Crippen molar-refractivity contribution in [2.45, 2.75) is 69.7 Å². The molecule has 2 atom stereocenters. The summed E-state index contributed by atoms with van der Waals surface area (Å²) in [4.78, 5) is 61.0. The zero-order valence-electron chi connectivity index (χ0n) is 20.6. The first-order valence-corrected chi connectivity index (χ1v) is 12.9. The van der Waals surface area contributed by atoms with Gasteiger partial charge in [-0.15, -0.1) is 0 Å². The van der Waals surface area contributed by atoms with Crippen molar-refractivity contribution in [3.63, 3.8) is 0 Å². The minimum atomic E-state index is -0.988. The molecule has 10 heteroatoms. The number of anilines is 1. The third-order valence-electron chi connectivity index (χ3n) is 7.47. The standard InChI is InChI=1S/C27H31N5O5/c28-32-21-13-5-4-9-18(21)17-22(27(36)37-23-14-8-16-30(23)25(34)26(32)35)31(19-10-2-1-3-11-19)24(33)20-12-6-7-15-29-20/h4-7,9,12-13,15,19,22-23H,1-3,8,10-11,14,16-17,28H2. The van der Waals surface area contributed by atoms with E-state index in [1.54, 1.807) is 53.6 Å². The number of fused-ring (bicyclic) bond motifs is 2. The number of rotatable bonds is 3. The first-order valence-electron chi connectivity index (χ1n) is 12.9. The fraction of sp³-hybridized carbons (Fsp3) is 0.444. The fourth-order valence-corrected chi connectivity index (χ4v) is 5.60. The minimum Gasteiger partial charge on any atom is -0.440 e. The molecule has 0 radical (unpaired) electrons. The van der Waals surface area contributed by atoms with Gasteiger partial charge in [0.25, 0.3) is 5.91 Å². The molecule has 1 aliphatic carbocycles. The number of hydrazine groups is 1. The number of nitrogens with zero attached hydrogens (tertiary/aromatic N) is 4. The Morgan fingerprint density at radius 1 is 0.946 bits per heavy atom. The van der Waals surface area contributed by atoms with Gasteiger partial charge in [0, 0.05) is 31.6 Å². The Labute approximate surface area is 215 Å². The molecule has 2 fully saturated rings. The van der Waals surface area contributed by atoms with E-state index < -0.39 is 30.1 Å². The lowest BCUT2D eigenvalue weighted by molar-refractivity contribution is -0.168. The molecule has 0 bridgehead atoms. The summed E-state index contributed by atoms with van der Waals surface area (Å²) < 4.78 is 5.89. The average Bonchev–Trinajstić information content (AvgIpc) is 3.40. The fourth-order valence-electron chi connectivity index (χ4n) is 5.60. The van der Waals surface area contributed by atoms with Crippen molar-refractivity contribution in [2.24, 2.45) is 5.84 Å². The van der Waals surface area contributed by atoms with Crippen molar-refractivity contribution in [1.82, 2.24) is 14.8 Å². The van der Waals surface area contributed by atoms with Crippen LogP contribution in [0.4, 0.5) is 5.69 Å². The Hall–Kier alpha value is -3.79. The Kier molecular flexibility index (Phi) is 7.18. The molecular formula is C27H31N5O5. The van der Waals surface area contributed by atoms with Gasteiger partial charge in [-0.1, -0.05) is 43.5 Å². The van der Waals surface area contributed by atoms with Crippen LogP contribution in [-0.4, -0.2) is 63.3 Å². The normalized spacial score (nSPS) is 23.1. The van der Waals surface area contributed by atoms with Crippen molar-refractivity contribution in [1.29, 1.82) is 0 Å². The van der Waals surface area contributed by atoms with Gasteiger partial charge in [0.1, 0.15) is 11.7 Å². The van der Waals surface area contributed by atoms with Gasteiger partial charge in [-0.25, -0.2) is 15.6 Å². The van der Waals surface area contributed by atoms with Gasteiger partial charge in [-0.05, 0) is 43.0 Å². The Morgan fingerprint density at radius 2 is 1.70 bits per heavy atom. The van der Waals surface area contributed by atoms with E-state index in [0.717, 1.165) is 37.1 Å². The van der Waals surface area contributed by atoms with Crippen molar-refractivity contribution in [3.8, 4) is 0 Å². The van der Waals surface area contributed by atoms with Gasteiger partial charge < -0.3 is 9.64 Å². The van der Waals surface area contributed by atoms with Gasteiger partial charge >= 0.3 is 17.8 Å². The molecule has 194 valence electrons. The van der Waals surface area contributed by atoms with Crippen molar-refractivity contribution >= 4 is 29.4 Å². The van der Waals surface area contributed by atoms with Crippen LogP contribution in [0.5, 0.6) is 0 Å². The summed E-state index contributed by atoms with van der Waals surface area (Å²) in [6.45, 7) is 0.280. The highest BCUT2D eigenvalue weighted by atomic mass is 16.6. The number of hydrogen-bond acceptors (Lipinski definition) is 7. The maximum absolute atomic E-state index is 13.9. The van der Waals surface area contributed by atoms with E-state index in [2.05, 4.69) is 4.98 Å². The van der Waals surface area contributed by atoms with Crippen LogP contribution >= 0.6 is 0 Å². The largest absolute Gasteiger partial charge is 0.440 e. The summed E-state index contributed by atoms with van der Waals surface area (Å²) in [5.41, 5.74) is 1.12. The summed E-state index contributed by atoms with van der Waals surface area (Å²) in [5, 5.41) is 0.839. The van der Waals surface area contributed by atoms with E-state index in [0.29, 0.717) is 24.1 Å². The van der Waals surface area contributed by atoms with Gasteiger partial charge in [-0.2, -0.15) is 0 Å². The molecule has 2 aromatic rings. The predicted molar refractivity (Wildman–Crippen MR) is 134 cm³/mol. The number of hydrogen-bond donors (Lipinski definition) is 1. The molecule has 0 spiro atoms. The van der Waals surface area contributed by atoms with Crippen LogP contribution in [-0.2, 0) is 25.5 Å². The number of benzene rings is 1. The van der Waals surface area contributed by atoms with Crippen LogP contribution in [0.2, 0.25) is 0 Å². The lowest BCUT2D eigenvalue weighted by Crippen LogP contribution is -2.54. The topological polar surface area (TPSA) is 126 Å². The van der Waals surface area contributed by atoms with Gasteiger partial charge in [0.2, 0.25) is 0 Å². The number of carbonyl (C=O) groups excluding carboxylic acids is 4. The second-order valence-corrected chi connectivity index (χ2v) is 9.78. The number of nitrogens with two attached hydrogens (primary N) is 1. The van der Waals surface area contributed by atoms with Crippen LogP contribution in [0, 0.1) is 0 Å². The van der Waals surface area contributed by atoms with Crippen molar-refractivity contribution in [3.05, 3.63) is 59.9 Å². The molecule has 3 heterocycles. The highest BCUT2D eigenvalue weighted by molar-refractivity contribution is 6.40. The zero-order chi connectivity index (χ0) is 25.9. The maximum Gasteiger partial charge on any atom is 0.331 e. The number of pyridine rings is 1. The highest BCUT2D eigenvalue weighted by Gasteiger charge is 2.43. The Morgan fingerprint density at radius 3 is 2.46 bits per heavy atom. The van der Waals surface area contributed by atoms with Crippen LogP contribution < -0.4 is 10.9 Å². The molecule has 1 aromatic heterocycles. The molecule has 10 nitrogen and oxygen atoms in total. The van der Waals surface area contributed by atoms with Crippen LogP contribution in [0.1, 0.15) is 61.0 Å². The first-order chi connectivity index (χ1) is 18.0. The summed E-state index contributed by atoms with van der Waals surface area (Å²) in [5.74, 6) is 3.50. The Balaban J connectivity index is 1.61. The molecule has 37 heavy (non-hydrogen) atoms. The summed E-state index contributed by atoms with van der Waals surface area (Å²) >= 11 is 0. The lowest BCUT2D eigenvalue weighted by atomic mass is 9.91. The second-order valence-electron chi connectivity index (χ2n) is 9.78. The molecule has 2 N–H and O–H groups in total. The number of carbonyl (C=O) groups is 4. The molecule has 2 aliphatic heterocycles. The molecule has 3 aliphatic rings. The predicted octanol–water partition coefficient (Wildman–Crippen LogP) is 2.18. The third kappa shape index (κ3) is 4.93. The number of para-hydroxylation sites is 1. The van der Waals surface area contributed by atoms with Crippen LogP contribution in [0.3, 0.4) is 0 Å². The summed E-state index contributed by atoms with van der Waals surface area (Å²) in [7, 11) is 0. The number of aromatic nitrogens is 1. The lowest BCUT2D eigenvalue weighted by Gasteiger charge is -2.39. The first kappa shape index (κ1) is 24.9. The molecule has 1 saturated carbocycles. The molecule has 3 amide bonds. The molecule has 2 unspecified atom stereocenters. The van der Waals surface area contributed by atoms with Crippen LogP contribution in [0.15, 0.2) is 48.7 Å². The van der Waals surface area contributed by atoms with E-state index in [4.69, 9.17) is 10.6 Å². The minimum absolute atomic E-state index is 0.0754. The third-order valence-corrected chi connectivity index (χ3v) is 7.47. The molecule has 1 aromatic carbocycles. The summed E-state index contributed by atoms with van der Waals surface area (Å²) in [6.07, 6.45) is 6.23. The smallest absolute Gasteiger partial charge is 0.331 e. The van der Waals surface area contributed by atoms with Crippen molar-refractivity contribution in [2.75, 3.05) is 11.6 Å².